The number of aryl methyl sites for hydroxylation is 2. The minimum Gasteiger partial charge on any atom is -0.287 e. The Bertz CT molecular complexity index is 701. The quantitative estimate of drug-likeness (QED) is 0.370. The number of nitrogens with zero attached hydrogens (tertiary/aromatic N) is 3. The third-order valence-corrected chi connectivity index (χ3v) is 2.84. The van der Waals surface area contributed by atoms with Crippen LogP contribution in [0.1, 0.15) is 21.6 Å². The summed E-state index contributed by atoms with van der Waals surface area (Å²) < 4.78 is 1.26. The minimum absolute atomic E-state index is 0.151. The highest BCUT2D eigenvalue weighted by molar-refractivity contribution is 6.08. The van der Waals surface area contributed by atoms with Crippen LogP contribution in [-0.2, 0) is 7.05 Å². The lowest BCUT2D eigenvalue weighted by Crippen LogP contribution is -2.01. The molecule has 0 unspecified atom stereocenters. The van der Waals surface area contributed by atoms with Crippen LogP contribution < -0.4 is 0 Å². The summed E-state index contributed by atoms with van der Waals surface area (Å²) in [7, 11) is 1.54. The summed E-state index contributed by atoms with van der Waals surface area (Å²) in [5, 5.41) is 14.7. The number of aromatic nitrogens is 2. The minimum atomic E-state index is -0.609. The second-order valence-corrected chi connectivity index (χ2v) is 4.35. The second-order valence-electron chi connectivity index (χ2n) is 4.35. The SMILES string of the molecule is Cc1ccccc1/C=C/C(=O)c1nn(C)cc1[N+](=O)[O-]. The van der Waals surface area contributed by atoms with Crippen LogP contribution in [0.25, 0.3) is 6.08 Å². The van der Waals surface area contributed by atoms with E-state index in [-0.39, 0.29) is 11.4 Å². The van der Waals surface area contributed by atoms with Crippen molar-refractivity contribution >= 4 is 17.5 Å². The molecule has 0 aliphatic carbocycles. The molecule has 1 heterocycles. The van der Waals surface area contributed by atoms with E-state index in [1.807, 2.05) is 31.2 Å². The van der Waals surface area contributed by atoms with Gasteiger partial charge >= 0.3 is 5.69 Å². The van der Waals surface area contributed by atoms with Gasteiger partial charge in [-0.25, -0.2) is 0 Å². The van der Waals surface area contributed by atoms with Crippen LogP contribution in [-0.4, -0.2) is 20.5 Å². The van der Waals surface area contributed by atoms with Crippen molar-refractivity contribution in [2.45, 2.75) is 6.92 Å². The van der Waals surface area contributed by atoms with E-state index in [0.29, 0.717) is 0 Å². The van der Waals surface area contributed by atoms with Gasteiger partial charge in [0.15, 0.2) is 0 Å². The number of allylic oxidation sites excluding steroid dienone is 1. The van der Waals surface area contributed by atoms with Gasteiger partial charge < -0.3 is 0 Å². The second kappa shape index (κ2) is 5.48. The van der Waals surface area contributed by atoms with Gasteiger partial charge in [0.25, 0.3) is 0 Å². The fourth-order valence-electron chi connectivity index (χ4n) is 1.80. The molecular formula is C14H13N3O3. The van der Waals surface area contributed by atoms with E-state index in [0.717, 1.165) is 11.1 Å². The van der Waals surface area contributed by atoms with Crippen molar-refractivity contribution in [2.75, 3.05) is 0 Å². The Morgan fingerprint density at radius 3 is 2.75 bits per heavy atom. The lowest BCUT2D eigenvalue weighted by molar-refractivity contribution is -0.385. The highest BCUT2D eigenvalue weighted by Gasteiger charge is 2.22. The number of benzene rings is 1. The monoisotopic (exact) mass is 271 g/mol. The van der Waals surface area contributed by atoms with Gasteiger partial charge in [0, 0.05) is 7.05 Å². The van der Waals surface area contributed by atoms with Crippen molar-refractivity contribution < 1.29 is 9.72 Å². The molecule has 0 bridgehead atoms. The van der Waals surface area contributed by atoms with Gasteiger partial charge in [0.05, 0.1) is 4.92 Å². The molecule has 0 saturated heterocycles. The molecule has 0 aliphatic rings. The predicted octanol–water partition coefficient (Wildman–Crippen LogP) is 2.53. The Morgan fingerprint density at radius 2 is 2.10 bits per heavy atom. The van der Waals surface area contributed by atoms with Crippen LogP contribution in [0, 0.1) is 17.0 Å². The molecule has 0 saturated carbocycles. The zero-order chi connectivity index (χ0) is 14.7. The Kier molecular flexibility index (Phi) is 3.74. The third kappa shape index (κ3) is 2.80. The molecule has 0 spiro atoms. The molecule has 0 aliphatic heterocycles. The molecule has 0 radical (unpaired) electrons. The summed E-state index contributed by atoms with van der Waals surface area (Å²) in [6, 6.07) is 7.55. The van der Waals surface area contributed by atoms with E-state index in [1.54, 1.807) is 6.08 Å². The zero-order valence-corrected chi connectivity index (χ0v) is 11.1. The van der Waals surface area contributed by atoms with Gasteiger partial charge in [-0.1, -0.05) is 30.3 Å². The smallest absolute Gasteiger partial charge is 0.287 e. The van der Waals surface area contributed by atoms with Crippen molar-refractivity contribution in [3.05, 3.63) is 63.5 Å². The number of hydrogen-bond donors (Lipinski definition) is 0. The number of nitro groups is 1. The van der Waals surface area contributed by atoms with Gasteiger partial charge in [0.1, 0.15) is 6.20 Å². The van der Waals surface area contributed by atoms with E-state index in [9.17, 15) is 14.9 Å². The normalized spacial score (nSPS) is 10.9. The topological polar surface area (TPSA) is 78.0 Å². The van der Waals surface area contributed by atoms with Gasteiger partial charge in [-0.3, -0.25) is 19.6 Å². The van der Waals surface area contributed by atoms with E-state index >= 15 is 0 Å². The maximum absolute atomic E-state index is 12.0. The van der Waals surface area contributed by atoms with Crippen molar-refractivity contribution in [1.82, 2.24) is 9.78 Å². The van der Waals surface area contributed by atoms with Gasteiger partial charge in [0.2, 0.25) is 11.5 Å². The van der Waals surface area contributed by atoms with E-state index in [4.69, 9.17) is 0 Å². The largest absolute Gasteiger partial charge is 0.318 e. The van der Waals surface area contributed by atoms with Crippen LogP contribution in [0.15, 0.2) is 36.5 Å². The Labute approximate surface area is 115 Å². The molecule has 2 aromatic rings. The zero-order valence-electron chi connectivity index (χ0n) is 11.1. The average Bonchev–Trinajstić information content (AvgIpc) is 2.80. The highest BCUT2D eigenvalue weighted by atomic mass is 16.6. The molecule has 6 nitrogen and oxygen atoms in total. The van der Waals surface area contributed by atoms with Gasteiger partial charge in [-0.2, -0.15) is 5.10 Å². The Balaban J connectivity index is 2.29. The molecule has 0 atom stereocenters. The van der Waals surface area contributed by atoms with Gasteiger partial charge in [-0.05, 0) is 24.1 Å². The first kappa shape index (κ1) is 13.7. The van der Waals surface area contributed by atoms with Crippen molar-refractivity contribution in [3.63, 3.8) is 0 Å². The third-order valence-electron chi connectivity index (χ3n) is 2.84. The highest BCUT2D eigenvalue weighted by Crippen LogP contribution is 2.18. The first-order valence-corrected chi connectivity index (χ1v) is 5.95. The molecule has 2 rings (SSSR count). The van der Waals surface area contributed by atoms with E-state index in [1.165, 1.54) is 24.0 Å². The van der Waals surface area contributed by atoms with Crippen LogP contribution in [0.3, 0.4) is 0 Å². The van der Waals surface area contributed by atoms with Crippen molar-refractivity contribution in [3.8, 4) is 0 Å². The number of carbonyl (C=O) groups is 1. The van der Waals surface area contributed by atoms with Gasteiger partial charge in [-0.15, -0.1) is 0 Å². The maximum atomic E-state index is 12.0. The standard InChI is InChI=1S/C14H13N3O3/c1-10-5-3-4-6-11(10)7-8-13(18)14-12(17(19)20)9-16(2)15-14/h3-9H,1-2H3/b8-7+. The summed E-state index contributed by atoms with van der Waals surface area (Å²) in [5.41, 5.74) is 1.47. The summed E-state index contributed by atoms with van der Waals surface area (Å²) in [6.45, 7) is 1.92. The molecule has 1 aromatic heterocycles. The first-order chi connectivity index (χ1) is 9.49. The Morgan fingerprint density at radius 1 is 1.40 bits per heavy atom. The number of hydrogen-bond acceptors (Lipinski definition) is 4. The lowest BCUT2D eigenvalue weighted by Gasteiger charge is -1.97. The van der Waals surface area contributed by atoms with Crippen LogP contribution in [0.2, 0.25) is 0 Å². The number of ketones is 1. The first-order valence-electron chi connectivity index (χ1n) is 5.95. The molecule has 6 heteroatoms. The fraction of sp³-hybridized carbons (Fsp3) is 0.143. The van der Waals surface area contributed by atoms with Crippen molar-refractivity contribution in [2.24, 2.45) is 7.05 Å². The van der Waals surface area contributed by atoms with Crippen LogP contribution in [0.4, 0.5) is 5.69 Å². The summed E-state index contributed by atoms with van der Waals surface area (Å²) in [5.74, 6) is -0.486. The van der Waals surface area contributed by atoms with Crippen molar-refractivity contribution in [1.29, 1.82) is 0 Å². The molecular weight excluding hydrogens is 258 g/mol. The lowest BCUT2D eigenvalue weighted by atomic mass is 10.1. The fourth-order valence-corrected chi connectivity index (χ4v) is 1.80. The summed E-state index contributed by atoms with van der Waals surface area (Å²) in [6.07, 6.45) is 4.16. The molecule has 1 aromatic carbocycles. The molecule has 0 amide bonds. The molecule has 0 fully saturated rings. The van der Waals surface area contributed by atoms with E-state index < -0.39 is 10.7 Å². The summed E-state index contributed by atoms with van der Waals surface area (Å²) >= 11 is 0. The average molecular weight is 271 g/mol. The molecule has 0 N–H and O–H groups in total. The predicted molar refractivity (Wildman–Crippen MR) is 74.4 cm³/mol. The number of rotatable bonds is 4. The molecule has 102 valence electrons. The van der Waals surface area contributed by atoms with Crippen LogP contribution in [0.5, 0.6) is 0 Å². The summed E-state index contributed by atoms with van der Waals surface area (Å²) in [4.78, 5) is 22.2. The van der Waals surface area contributed by atoms with E-state index in [2.05, 4.69) is 5.10 Å². The maximum Gasteiger partial charge on any atom is 0.318 e. The number of carbonyl (C=O) groups excluding carboxylic acids is 1. The molecule has 20 heavy (non-hydrogen) atoms. The van der Waals surface area contributed by atoms with Crippen LogP contribution >= 0.6 is 0 Å². The Hall–Kier alpha value is -2.76.